The Hall–Kier alpha value is -2.47. The summed E-state index contributed by atoms with van der Waals surface area (Å²) in [7, 11) is 0. The number of rotatable bonds is 2. The van der Waals surface area contributed by atoms with Gasteiger partial charge in [-0.25, -0.2) is 9.97 Å². The zero-order valence-corrected chi connectivity index (χ0v) is 11.4. The van der Waals surface area contributed by atoms with Gasteiger partial charge in [0.05, 0.1) is 21.1 Å². The molecule has 3 heterocycles. The van der Waals surface area contributed by atoms with Crippen molar-refractivity contribution in [3.8, 4) is 11.5 Å². The Kier molecular flexibility index (Phi) is 2.43. The molecule has 0 unspecified atom stereocenters. The van der Waals surface area contributed by atoms with Crippen molar-refractivity contribution in [2.45, 2.75) is 6.92 Å². The predicted octanol–water partition coefficient (Wildman–Crippen LogP) is 3.67. The molecular weight excluding hydrogens is 272 g/mol. The van der Waals surface area contributed by atoms with E-state index in [9.17, 15) is 0 Å². The lowest BCUT2D eigenvalue weighted by atomic mass is 10.2. The Balaban J connectivity index is 1.81. The molecule has 0 bridgehead atoms. The molecule has 0 atom stereocenters. The number of thiazole rings is 1. The largest absolute Gasteiger partial charge is 0.456 e. The van der Waals surface area contributed by atoms with Crippen LogP contribution in [0.15, 0.2) is 36.0 Å². The summed E-state index contributed by atoms with van der Waals surface area (Å²) in [5, 5.41) is 7.98. The molecule has 0 amide bonds. The van der Waals surface area contributed by atoms with Crippen molar-refractivity contribution in [2.24, 2.45) is 0 Å². The van der Waals surface area contributed by atoms with Gasteiger partial charge in [-0.15, -0.1) is 11.3 Å². The number of pyridine rings is 1. The van der Waals surface area contributed by atoms with Gasteiger partial charge < -0.3 is 4.74 Å². The van der Waals surface area contributed by atoms with E-state index < -0.39 is 0 Å². The highest BCUT2D eigenvalue weighted by molar-refractivity contribution is 7.16. The van der Waals surface area contributed by atoms with E-state index in [1.54, 1.807) is 17.5 Å². The summed E-state index contributed by atoms with van der Waals surface area (Å²) < 4.78 is 7.10. The minimum Gasteiger partial charge on any atom is -0.456 e. The highest BCUT2D eigenvalue weighted by Crippen LogP contribution is 2.31. The van der Waals surface area contributed by atoms with Gasteiger partial charge in [-0.3, -0.25) is 5.10 Å². The molecule has 4 rings (SSSR count). The van der Waals surface area contributed by atoms with Gasteiger partial charge >= 0.3 is 0 Å². The quantitative estimate of drug-likeness (QED) is 0.609. The maximum absolute atomic E-state index is 5.99. The SMILES string of the molecule is Cc1[nH]nc2nccc(Oc3ccc4ncsc4c3)c12. The van der Waals surface area contributed by atoms with Crippen LogP contribution in [0.1, 0.15) is 5.69 Å². The first kappa shape index (κ1) is 11.4. The van der Waals surface area contributed by atoms with Crippen molar-refractivity contribution in [1.82, 2.24) is 20.2 Å². The van der Waals surface area contributed by atoms with E-state index in [0.717, 1.165) is 32.8 Å². The van der Waals surface area contributed by atoms with Crippen LogP contribution in [0, 0.1) is 6.92 Å². The third kappa shape index (κ3) is 1.73. The molecular formula is C14H10N4OS. The van der Waals surface area contributed by atoms with Crippen LogP contribution in [-0.2, 0) is 0 Å². The second kappa shape index (κ2) is 4.28. The number of hydrogen-bond acceptors (Lipinski definition) is 5. The van der Waals surface area contributed by atoms with Crippen molar-refractivity contribution < 1.29 is 4.74 Å². The van der Waals surface area contributed by atoms with Crippen LogP contribution < -0.4 is 4.74 Å². The van der Waals surface area contributed by atoms with Crippen molar-refractivity contribution in [3.63, 3.8) is 0 Å². The van der Waals surface area contributed by atoms with E-state index in [0.29, 0.717) is 5.65 Å². The second-order valence-corrected chi connectivity index (χ2v) is 5.33. The molecule has 0 saturated heterocycles. The van der Waals surface area contributed by atoms with Crippen molar-refractivity contribution >= 4 is 32.6 Å². The van der Waals surface area contributed by atoms with Crippen LogP contribution in [0.2, 0.25) is 0 Å². The molecule has 6 heteroatoms. The van der Waals surface area contributed by atoms with Crippen LogP contribution in [0.4, 0.5) is 0 Å². The molecule has 3 aromatic heterocycles. The molecule has 0 saturated carbocycles. The number of aromatic nitrogens is 4. The summed E-state index contributed by atoms with van der Waals surface area (Å²) in [4.78, 5) is 8.48. The monoisotopic (exact) mass is 282 g/mol. The Morgan fingerprint density at radius 3 is 3.10 bits per heavy atom. The number of hydrogen-bond donors (Lipinski definition) is 1. The van der Waals surface area contributed by atoms with Crippen LogP contribution >= 0.6 is 11.3 Å². The first-order chi connectivity index (χ1) is 9.81. The molecule has 1 N–H and O–H groups in total. The molecule has 1 aromatic carbocycles. The normalized spacial score (nSPS) is 11.2. The van der Waals surface area contributed by atoms with E-state index in [1.165, 1.54) is 0 Å². The summed E-state index contributed by atoms with van der Waals surface area (Å²) in [6.45, 7) is 1.95. The van der Waals surface area contributed by atoms with Gasteiger partial charge in [0.2, 0.25) is 0 Å². The minimum absolute atomic E-state index is 0.666. The summed E-state index contributed by atoms with van der Waals surface area (Å²) in [6, 6.07) is 7.72. The van der Waals surface area contributed by atoms with Gasteiger partial charge in [0.1, 0.15) is 11.5 Å². The molecule has 5 nitrogen and oxygen atoms in total. The molecule has 20 heavy (non-hydrogen) atoms. The zero-order chi connectivity index (χ0) is 13.5. The lowest BCUT2D eigenvalue weighted by Gasteiger charge is -2.06. The Morgan fingerprint density at radius 1 is 1.20 bits per heavy atom. The Morgan fingerprint density at radius 2 is 2.15 bits per heavy atom. The van der Waals surface area contributed by atoms with E-state index >= 15 is 0 Å². The van der Waals surface area contributed by atoms with Gasteiger partial charge in [-0.1, -0.05) is 0 Å². The molecule has 0 aliphatic carbocycles. The fraction of sp³-hybridized carbons (Fsp3) is 0.0714. The number of fused-ring (bicyclic) bond motifs is 2. The molecule has 0 radical (unpaired) electrons. The second-order valence-electron chi connectivity index (χ2n) is 4.44. The third-order valence-corrected chi connectivity index (χ3v) is 3.92. The fourth-order valence-electron chi connectivity index (χ4n) is 2.17. The summed E-state index contributed by atoms with van der Waals surface area (Å²) in [5.41, 5.74) is 4.43. The highest BCUT2D eigenvalue weighted by Gasteiger charge is 2.10. The number of aromatic amines is 1. The third-order valence-electron chi connectivity index (χ3n) is 3.13. The molecule has 98 valence electrons. The van der Waals surface area contributed by atoms with Gasteiger partial charge in [0.15, 0.2) is 5.65 Å². The number of nitrogens with zero attached hydrogens (tertiary/aromatic N) is 3. The molecule has 0 fully saturated rings. The summed E-state index contributed by atoms with van der Waals surface area (Å²) in [5.74, 6) is 1.54. The zero-order valence-electron chi connectivity index (χ0n) is 10.6. The predicted molar refractivity (Wildman–Crippen MR) is 78.3 cm³/mol. The van der Waals surface area contributed by atoms with Gasteiger partial charge in [0.25, 0.3) is 0 Å². The van der Waals surface area contributed by atoms with Crippen LogP contribution in [0.3, 0.4) is 0 Å². The highest BCUT2D eigenvalue weighted by atomic mass is 32.1. The number of ether oxygens (including phenoxy) is 1. The van der Waals surface area contributed by atoms with Crippen molar-refractivity contribution in [1.29, 1.82) is 0 Å². The smallest absolute Gasteiger partial charge is 0.184 e. The molecule has 0 spiro atoms. The van der Waals surface area contributed by atoms with Crippen molar-refractivity contribution in [3.05, 3.63) is 41.7 Å². The van der Waals surface area contributed by atoms with Crippen molar-refractivity contribution in [2.75, 3.05) is 0 Å². The summed E-state index contributed by atoms with van der Waals surface area (Å²) in [6.07, 6.45) is 1.70. The average Bonchev–Trinajstić information content (AvgIpc) is 3.06. The lowest BCUT2D eigenvalue weighted by molar-refractivity contribution is 0.488. The van der Waals surface area contributed by atoms with E-state index in [-0.39, 0.29) is 0 Å². The molecule has 4 aromatic rings. The van der Waals surface area contributed by atoms with Gasteiger partial charge in [-0.2, -0.15) is 5.10 Å². The standard InChI is InChI=1S/C14H10N4OS/c1-8-13-11(4-5-15-14(13)18-17-8)19-9-2-3-10-12(6-9)20-7-16-10/h2-7H,1H3,(H,15,17,18). The fourth-order valence-corrected chi connectivity index (χ4v) is 2.88. The van der Waals surface area contributed by atoms with Gasteiger partial charge in [-0.05, 0) is 25.1 Å². The first-order valence-corrected chi connectivity index (χ1v) is 7.00. The first-order valence-electron chi connectivity index (χ1n) is 6.12. The van der Waals surface area contributed by atoms with E-state index in [1.807, 2.05) is 36.7 Å². The Bertz CT molecular complexity index is 912. The van der Waals surface area contributed by atoms with Crippen LogP contribution in [0.25, 0.3) is 21.3 Å². The maximum atomic E-state index is 5.99. The number of nitrogens with one attached hydrogen (secondary N) is 1. The lowest BCUT2D eigenvalue weighted by Crippen LogP contribution is -1.87. The molecule has 0 aliphatic heterocycles. The number of benzene rings is 1. The van der Waals surface area contributed by atoms with E-state index in [2.05, 4.69) is 20.2 Å². The van der Waals surface area contributed by atoms with Crippen LogP contribution in [-0.4, -0.2) is 20.2 Å². The molecule has 0 aliphatic rings. The number of H-pyrrole nitrogens is 1. The topological polar surface area (TPSA) is 63.7 Å². The average molecular weight is 282 g/mol. The van der Waals surface area contributed by atoms with E-state index in [4.69, 9.17) is 4.74 Å². The summed E-state index contributed by atoms with van der Waals surface area (Å²) >= 11 is 1.60. The minimum atomic E-state index is 0.666. The maximum Gasteiger partial charge on any atom is 0.184 e. The number of aryl methyl sites for hydroxylation is 1. The Labute approximate surface area is 118 Å². The van der Waals surface area contributed by atoms with Crippen LogP contribution in [0.5, 0.6) is 11.5 Å². The van der Waals surface area contributed by atoms with Gasteiger partial charge in [0, 0.05) is 18.0 Å².